The molecule has 2 aromatic heterocycles. The summed E-state index contributed by atoms with van der Waals surface area (Å²) in [7, 11) is 0. The standard InChI is InChI=1S/C25H23ClN4O2S/c26-23-17-6-2-4-8-21(17)33-22(23)12-27-15-10-20-24(31)29-19(25(32)30(20)13-15)9-14-11-28-18-7-3-1-5-16(14)18/h1-8,11,15,19-20,27-28H,9-10,12-13H2,(H,29,31)/t15-,19-,20-/m0/s1. The molecule has 33 heavy (non-hydrogen) atoms. The van der Waals surface area contributed by atoms with Gasteiger partial charge in [0.15, 0.2) is 0 Å². The third-order valence-electron chi connectivity index (χ3n) is 6.75. The number of thiophene rings is 1. The topological polar surface area (TPSA) is 77.2 Å². The smallest absolute Gasteiger partial charge is 0.246 e. The van der Waals surface area contributed by atoms with Gasteiger partial charge in [0.05, 0.1) is 5.02 Å². The van der Waals surface area contributed by atoms with Crippen molar-refractivity contribution in [1.29, 1.82) is 0 Å². The van der Waals surface area contributed by atoms with Gasteiger partial charge in [0.25, 0.3) is 0 Å². The molecule has 0 bridgehead atoms. The molecule has 8 heteroatoms. The van der Waals surface area contributed by atoms with Crippen molar-refractivity contribution in [3.8, 4) is 0 Å². The normalized spacial score (nSPS) is 22.8. The van der Waals surface area contributed by atoms with Crippen LogP contribution < -0.4 is 10.6 Å². The number of hydrogen-bond acceptors (Lipinski definition) is 4. The Labute approximate surface area is 199 Å². The second kappa shape index (κ2) is 8.17. The molecular weight excluding hydrogens is 456 g/mol. The van der Waals surface area contributed by atoms with Gasteiger partial charge in [-0.25, -0.2) is 0 Å². The molecule has 3 atom stereocenters. The summed E-state index contributed by atoms with van der Waals surface area (Å²) in [6, 6.07) is 15.2. The number of nitrogens with one attached hydrogen (secondary N) is 3. The predicted molar refractivity (Wildman–Crippen MR) is 132 cm³/mol. The maximum Gasteiger partial charge on any atom is 0.246 e. The van der Waals surface area contributed by atoms with Gasteiger partial charge in [-0.3, -0.25) is 9.59 Å². The molecule has 6 nitrogen and oxygen atoms in total. The van der Waals surface area contributed by atoms with Gasteiger partial charge in [-0.15, -0.1) is 11.3 Å². The van der Waals surface area contributed by atoms with E-state index in [0.717, 1.165) is 36.5 Å². The summed E-state index contributed by atoms with van der Waals surface area (Å²) in [5, 5.41) is 9.44. The van der Waals surface area contributed by atoms with Crippen LogP contribution in [0.5, 0.6) is 0 Å². The molecule has 2 aromatic carbocycles. The van der Waals surface area contributed by atoms with Gasteiger partial charge < -0.3 is 20.5 Å². The number of benzene rings is 2. The van der Waals surface area contributed by atoms with Crippen molar-refractivity contribution in [3.63, 3.8) is 0 Å². The van der Waals surface area contributed by atoms with Crippen LogP contribution in [0.2, 0.25) is 5.02 Å². The van der Waals surface area contributed by atoms with Crippen molar-refractivity contribution >= 4 is 55.7 Å². The molecule has 2 saturated heterocycles. The fourth-order valence-corrected chi connectivity index (χ4v) is 6.53. The number of carbonyl (C=O) groups is 2. The summed E-state index contributed by atoms with van der Waals surface area (Å²) < 4.78 is 1.16. The number of piperazine rings is 1. The average molecular weight is 479 g/mol. The highest BCUT2D eigenvalue weighted by atomic mass is 35.5. The molecule has 0 radical (unpaired) electrons. The maximum absolute atomic E-state index is 13.3. The molecular formula is C25H23ClN4O2S. The summed E-state index contributed by atoms with van der Waals surface area (Å²) in [4.78, 5) is 32.2. The van der Waals surface area contributed by atoms with E-state index in [4.69, 9.17) is 11.6 Å². The molecule has 2 aliphatic heterocycles. The van der Waals surface area contributed by atoms with Gasteiger partial charge in [0.2, 0.25) is 11.8 Å². The average Bonchev–Trinajstić information content (AvgIpc) is 3.53. The van der Waals surface area contributed by atoms with Crippen molar-refractivity contribution in [3.05, 3.63) is 70.2 Å². The van der Waals surface area contributed by atoms with Gasteiger partial charge in [-0.1, -0.05) is 48.0 Å². The van der Waals surface area contributed by atoms with Crippen molar-refractivity contribution < 1.29 is 9.59 Å². The molecule has 3 N–H and O–H groups in total. The molecule has 0 unspecified atom stereocenters. The van der Waals surface area contributed by atoms with Gasteiger partial charge >= 0.3 is 0 Å². The number of hydrogen-bond donors (Lipinski definition) is 3. The lowest BCUT2D eigenvalue weighted by Crippen LogP contribution is -2.61. The van der Waals surface area contributed by atoms with Crippen LogP contribution in [0.25, 0.3) is 21.0 Å². The van der Waals surface area contributed by atoms with Crippen molar-refractivity contribution in [2.45, 2.75) is 37.5 Å². The first-order valence-corrected chi connectivity index (χ1v) is 12.3. The minimum absolute atomic E-state index is 0.00549. The van der Waals surface area contributed by atoms with Crippen molar-refractivity contribution in [2.24, 2.45) is 0 Å². The summed E-state index contributed by atoms with van der Waals surface area (Å²) >= 11 is 8.26. The van der Waals surface area contributed by atoms with Gasteiger partial charge in [-0.2, -0.15) is 0 Å². The molecule has 168 valence electrons. The minimum Gasteiger partial charge on any atom is -0.361 e. The quantitative estimate of drug-likeness (QED) is 0.408. The summed E-state index contributed by atoms with van der Waals surface area (Å²) in [5.74, 6) is -0.0716. The molecule has 4 heterocycles. The first kappa shape index (κ1) is 20.7. The Kier molecular flexibility index (Phi) is 5.13. The second-order valence-electron chi connectivity index (χ2n) is 8.78. The Morgan fingerprint density at radius 2 is 1.88 bits per heavy atom. The van der Waals surface area contributed by atoms with E-state index in [2.05, 4.69) is 21.7 Å². The summed E-state index contributed by atoms with van der Waals surface area (Å²) in [6.07, 6.45) is 3.02. The zero-order valence-corrected chi connectivity index (χ0v) is 19.4. The molecule has 0 saturated carbocycles. The van der Waals surface area contributed by atoms with E-state index < -0.39 is 12.1 Å². The van der Waals surface area contributed by atoms with E-state index in [1.807, 2.05) is 48.7 Å². The van der Waals surface area contributed by atoms with E-state index in [1.165, 1.54) is 0 Å². The Bertz CT molecular complexity index is 1380. The number of fused-ring (bicyclic) bond motifs is 3. The zero-order chi connectivity index (χ0) is 22.5. The highest BCUT2D eigenvalue weighted by Crippen LogP contribution is 2.35. The summed E-state index contributed by atoms with van der Waals surface area (Å²) in [5.41, 5.74) is 2.07. The SMILES string of the molecule is O=C1N[C@@H](Cc2c[nH]c3ccccc23)C(=O)N2C[C@@H](NCc3sc4ccccc4c3Cl)C[C@@H]12. The van der Waals surface area contributed by atoms with Gasteiger partial charge in [0.1, 0.15) is 12.1 Å². The number of rotatable bonds is 5. The van der Waals surface area contributed by atoms with Crippen LogP contribution in [0, 0.1) is 0 Å². The van der Waals surface area contributed by atoms with Crippen LogP contribution >= 0.6 is 22.9 Å². The molecule has 6 rings (SSSR count). The van der Waals surface area contributed by atoms with E-state index in [0.29, 0.717) is 25.9 Å². The van der Waals surface area contributed by atoms with E-state index in [9.17, 15) is 9.59 Å². The predicted octanol–water partition coefficient (Wildman–Crippen LogP) is 3.84. The third-order valence-corrected chi connectivity index (χ3v) is 8.47. The Balaban J connectivity index is 1.14. The Morgan fingerprint density at radius 3 is 2.73 bits per heavy atom. The van der Waals surface area contributed by atoms with Crippen LogP contribution in [0.4, 0.5) is 0 Å². The van der Waals surface area contributed by atoms with Crippen LogP contribution in [0.3, 0.4) is 0 Å². The lowest BCUT2D eigenvalue weighted by molar-refractivity contribution is -0.146. The first-order chi connectivity index (χ1) is 16.1. The summed E-state index contributed by atoms with van der Waals surface area (Å²) in [6.45, 7) is 1.15. The highest BCUT2D eigenvalue weighted by molar-refractivity contribution is 7.19. The molecule has 2 aliphatic rings. The molecule has 0 spiro atoms. The number of amides is 2. The number of halogens is 1. The minimum atomic E-state index is -0.538. The van der Waals surface area contributed by atoms with Crippen LogP contribution in [0.1, 0.15) is 16.9 Å². The fourth-order valence-electron chi connectivity index (χ4n) is 5.08. The molecule has 2 fully saturated rings. The molecule has 4 aromatic rings. The van der Waals surface area contributed by atoms with Gasteiger partial charge in [-0.05, 0) is 24.1 Å². The van der Waals surface area contributed by atoms with E-state index >= 15 is 0 Å². The maximum atomic E-state index is 13.3. The van der Waals surface area contributed by atoms with Crippen molar-refractivity contribution in [1.82, 2.24) is 20.5 Å². The Morgan fingerprint density at radius 1 is 1.09 bits per heavy atom. The van der Waals surface area contributed by atoms with Crippen molar-refractivity contribution in [2.75, 3.05) is 6.54 Å². The number of carbonyl (C=O) groups excluding carboxylic acids is 2. The largest absolute Gasteiger partial charge is 0.361 e. The monoisotopic (exact) mass is 478 g/mol. The zero-order valence-electron chi connectivity index (χ0n) is 17.8. The molecule has 0 aliphatic carbocycles. The number of aromatic nitrogens is 1. The lowest BCUT2D eigenvalue weighted by Gasteiger charge is -2.34. The van der Waals surface area contributed by atoms with Gasteiger partial charge in [0, 0.05) is 57.6 Å². The third kappa shape index (κ3) is 3.60. The fraction of sp³-hybridized carbons (Fsp3) is 0.280. The molecule has 2 amide bonds. The van der Waals surface area contributed by atoms with Crippen LogP contribution in [-0.2, 0) is 22.6 Å². The Hall–Kier alpha value is -2.87. The van der Waals surface area contributed by atoms with Crippen LogP contribution in [-0.4, -0.2) is 46.4 Å². The van der Waals surface area contributed by atoms with E-state index in [1.54, 1.807) is 16.2 Å². The van der Waals surface area contributed by atoms with E-state index in [-0.39, 0.29) is 17.9 Å². The number of para-hydroxylation sites is 1. The number of nitrogens with zero attached hydrogens (tertiary/aromatic N) is 1. The first-order valence-electron chi connectivity index (χ1n) is 11.1. The number of H-pyrrole nitrogens is 1. The number of aromatic amines is 1. The second-order valence-corrected chi connectivity index (χ2v) is 10.3. The van der Waals surface area contributed by atoms with Crippen LogP contribution in [0.15, 0.2) is 54.7 Å². The highest BCUT2D eigenvalue weighted by Gasteiger charge is 2.46. The lowest BCUT2D eigenvalue weighted by atomic mass is 10.0.